The van der Waals surface area contributed by atoms with Crippen molar-refractivity contribution < 1.29 is 9.53 Å². The lowest BCUT2D eigenvalue weighted by Gasteiger charge is -2.16. The highest BCUT2D eigenvalue weighted by atomic mass is 16.5. The van der Waals surface area contributed by atoms with Gasteiger partial charge in [-0.3, -0.25) is 4.79 Å². The van der Waals surface area contributed by atoms with Gasteiger partial charge in [0.25, 0.3) is 0 Å². The van der Waals surface area contributed by atoms with Crippen molar-refractivity contribution in [1.29, 1.82) is 0 Å². The molecule has 16 heavy (non-hydrogen) atoms. The molecule has 1 atom stereocenters. The highest BCUT2D eigenvalue weighted by Gasteiger charge is 2.19. The molecule has 1 aromatic carbocycles. The molecular formula is C14H18O2. The number of rotatable bonds is 6. The number of Topliss-reactive ketones (excluding diaryl/α,β-unsaturated/α-hetero) is 1. The number of hydrogen-bond donors (Lipinski definition) is 0. The van der Waals surface area contributed by atoms with Crippen molar-refractivity contribution in [2.45, 2.75) is 26.4 Å². The molecule has 0 fully saturated rings. The Balaban J connectivity index is 2.82. The van der Waals surface area contributed by atoms with Gasteiger partial charge >= 0.3 is 0 Å². The summed E-state index contributed by atoms with van der Waals surface area (Å²) in [5, 5.41) is 0. The third kappa shape index (κ3) is 3.63. The average Bonchev–Trinajstić information content (AvgIpc) is 2.26. The third-order valence-corrected chi connectivity index (χ3v) is 2.20. The normalized spacial score (nSPS) is 12.1. The Labute approximate surface area is 96.9 Å². The maximum Gasteiger partial charge on any atom is 0.170 e. The van der Waals surface area contributed by atoms with Gasteiger partial charge in [-0.1, -0.05) is 42.5 Å². The molecule has 2 nitrogen and oxygen atoms in total. The minimum Gasteiger partial charge on any atom is -0.366 e. The SMILES string of the molecule is C=C(C)CC(=O)C(OCC)c1ccccc1. The third-order valence-electron chi connectivity index (χ3n) is 2.20. The molecule has 0 saturated carbocycles. The zero-order valence-corrected chi connectivity index (χ0v) is 9.90. The van der Waals surface area contributed by atoms with E-state index in [0.717, 1.165) is 11.1 Å². The van der Waals surface area contributed by atoms with Crippen LogP contribution in [0.5, 0.6) is 0 Å². The Bertz CT molecular complexity index is 354. The Kier molecular flexibility index (Phi) is 4.93. The Morgan fingerprint density at radius 1 is 1.38 bits per heavy atom. The fraction of sp³-hybridized carbons (Fsp3) is 0.357. The van der Waals surface area contributed by atoms with Crippen LogP contribution in [0, 0.1) is 0 Å². The van der Waals surface area contributed by atoms with Crippen LogP contribution in [0.3, 0.4) is 0 Å². The second kappa shape index (κ2) is 6.23. The largest absolute Gasteiger partial charge is 0.366 e. The van der Waals surface area contributed by atoms with Crippen LogP contribution in [0.1, 0.15) is 31.9 Å². The second-order valence-electron chi connectivity index (χ2n) is 3.85. The Morgan fingerprint density at radius 2 is 2.00 bits per heavy atom. The van der Waals surface area contributed by atoms with Crippen molar-refractivity contribution in [2.24, 2.45) is 0 Å². The van der Waals surface area contributed by atoms with Gasteiger partial charge in [0.1, 0.15) is 6.10 Å². The van der Waals surface area contributed by atoms with Crippen LogP contribution in [0.2, 0.25) is 0 Å². The molecule has 0 aliphatic rings. The Hall–Kier alpha value is -1.41. The van der Waals surface area contributed by atoms with Crippen LogP contribution < -0.4 is 0 Å². The van der Waals surface area contributed by atoms with E-state index in [1.54, 1.807) is 0 Å². The summed E-state index contributed by atoms with van der Waals surface area (Å²) in [7, 11) is 0. The maximum atomic E-state index is 12.0. The molecule has 0 bridgehead atoms. The molecule has 1 unspecified atom stereocenters. The van der Waals surface area contributed by atoms with Crippen molar-refractivity contribution in [1.82, 2.24) is 0 Å². The summed E-state index contributed by atoms with van der Waals surface area (Å²) in [6.07, 6.45) is -0.0811. The zero-order valence-electron chi connectivity index (χ0n) is 9.90. The monoisotopic (exact) mass is 218 g/mol. The molecule has 0 spiro atoms. The molecule has 0 aliphatic carbocycles. The molecule has 2 heteroatoms. The van der Waals surface area contributed by atoms with E-state index in [4.69, 9.17) is 4.74 Å². The second-order valence-corrected chi connectivity index (χ2v) is 3.85. The van der Waals surface area contributed by atoms with Gasteiger partial charge in [0.15, 0.2) is 5.78 Å². The lowest BCUT2D eigenvalue weighted by atomic mass is 10.0. The van der Waals surface area contributed by atoms with Gasteiger partial charge in [-0.15, -0.1) is 0 Å². The van der Waals surface area contributed by atoms with Crippen molar-refractivity contribution >= 4 is 5.78 Å². The number of hydrogen-bond acceptors (Lipinski definition) is 2. The summed E-state index contributed by atoms with van der Waals surface area (Å²) in [6, 6.07) is 9.58. The molecule has 0 amide bonds. The maximum absolute atomic E-state index is 12.0. The molecule has 86 valence electrons. The fourth-order valence-electron chi connectivity index (χ4n) is 1.56. The van der Waals surface area contributed by atoms with E-state index in [0.29, 0.717) is 13.0 Å². The number of carbonyl (C=O) groups excluding carboxylic acids is 1. The van der Waals surface area contributed by atoms with Gasteiger partial charge in [0, 0.05) is 13.0 Å². The van der Waals surface area contributed by atoms with E-state index in [9.17, 15) is 4.79 Å². The zero-order chi connectivity index (χ0) is 12.0. The van der Waals surface area contributed by atoms with E-state index in [1.807, 2.05) is 44.2 Å². The number of benzene rings is 1. The van der Waals surface area contributed by atoms with Crippen molar-refractivity contribution in [3.8, 4) is 0 Å². The number of allylic oxidation sites excluding steroid dienone is 1. The molecule has 0 saturated heterocycles. The van der Waals surface area contributed by atoms with Gasteiger partial charge in [0.05, 0.1) is 0 Å². The predicted molar refractivity (Wildman–Crippen MR) is 65.2 cm³/mol. The molecular weight excluding hydrogens is 200 g/mol. The first kappa shape index (κ1) is 12.7. The van der Waals surface area contributed by atoms with E-state index in [1.165, 1.54) is 0 Å². The molecule has 0 N–H and O–H groups in total. The standard InChI is InChI=1S/C14H18O2/c1-4-16-14(13(15)10-11(2)3)12-8-6-5-7-9-12/h5-9,14H,2,4,10H2,1,3H3. The van der Waals surface area contributed by atoms with Crippen LogP contribution >= 0.6 is 0 Å². The summed E-state index contributed by atoms with van der Waals surface area (Å²) >= 11 is 0. The highest BCUT2D eigenvalue weighted by Crippen LogP contribution is 2.21. The van der Waals surface area contributed by atoms with E-state index < -0.39 is 6.10 Å². The smallest absolute Gasteiger partial charge is 0.170 e. The highest BCUT2D eigenvalue weighted by molar-refractivity contribution is 5.86. The molecule has 0 heterocycles. The first-order chi connectivity index (χ1) is 7.65. The molecule has 0 radical (unpaired) electrons. The quantitative estimate of drug-likeness (QED) is 0.685. The van der Waals surface area contributed by atoms with Crippen LogP contribution in [-0.4, -0.2) is 12.4 Å². The summed E-state index contributed by atoms with van der Waals surface area (Å²) in [5.41, 5.74) is 1.78. The fourth-order valence-corrected chi connectivity index (χ4v) is 1.56. The van der Waals surface area contributed by atoms with E-state index in [-0.39, 0.29) is 5.78 Å². The van der Waals surface area contributed by atoms with Crippen molar-refractivity contribution in [3.63, 3.8) is 0 Å². The van der Waals surface area contributed by atoms with Gasteiger partial charge in [0.2, 0.25) is 0 Å². The van der Waals surface area contributed by atoms with Crippen molar-refractivity contribution in [2.75, 3.05) is 6.61 Å². The molecule has 1 rings (SSSR count). The minimum absolute atomic E-state index is 0.0700. The lowest BCUT2D eigenvalue weighted by Crippen LogP contribution is -2.16. The molecule has 0 aliphatic heterocycles. The number of ketones is 1. The van der Waals surface area contributed by atoms with Gasteiger partial charge in [-0.25, -0.2) is 0 Å². The van der Waals surface area contributed by atoms with E-state index >= 15 is 0 Å². The van der Waals surface area contributed by atoms with Gasteiger partial charge < -0.3 is 4.74 Å². The topological polar surface area (TPSA) is 26.3 Å². The van der Waals surface area contributed by atoms with Gasteiger partial charge in [-0.05, 0) is 19.4 Å². The molecule has 1 aromatic rings. The number of ether oxygens (including phenoxy) is 1. The Morgan fingerprint density at radius 3 is 2.50 bits per heavy atom. The van der Waals surface area contributed by atoms with Gasteiger partial charge in [-0.2, -0.15) is 0 Å². The molecule has 0 aromatic heterocycles. The first-order valence-electron chi connectivity index (χ1n) is 5.48. The van der Waals surface area contributed by atoms with Crippen molar-refractivity contribution in [3.05, 3.63) is 48.0 Å². The first-order valence-corrected chi connectivity index (χ1v) is 5.48. The average molecular weight is 218 g/mol. The van der Waals surface area contributed by atoms with Crippen LogP contribution in [0.25, 0.3) is 0 Å². The van der Waals surface area contributed by atoms with Crippen LogP contribution in [-0.2, 0) is 9.53 Å². The van der Waals surface area contributed by atoms with Crippen LogP contribution in [0.15, 0.2) is 42.5 Å². The van der Waals surface area contributed by atoms with E-state index in [2.05, 4.69) is 6.58 Å². The summed E-state index contributed by atoms with van der Waals surface area (Å²) in [5.74, 6) is 0.0700. The summed E-state index contributed by atoms with van der Waals surface area (Å²) in [6.45, 7) is 8.03. The lowest BCUT2D eigenvalue weighted by molar-refractivity contribution is -0.130. The number of carbonyl (C=O) groups is 1. The minimum atomic E-state index is -0.456. The summed E-state index contributed by atoms with van der Waals surface area (Å²) < 4.78 is 5.50. The predicted octanol–water partition coefficient (Wildman–Crippen LogP) is 3.30. The van der Waals surface area contributed by atoms with Crippen LogP contribution in [0.4, 0.5) is 0 Å². The summed E-state index contributed by atoms with van der Waals surface area (Å²) in [4.78, 5) is 12.0.